The van der Waals surface area contributed by atoms with Crippen LogP contribution in [0.5, 0.6) is 5.75 Å². The van der Waals surface area contributed by atoms with Gasteiger partial charge >= 0.3 is 5.69 Å². The van der Waals surface area contributed by atoms with E-state index in [1.165, 1.54) is 6.07 Å². The Morgan fingerprint density at radius 1 is 1.24 bits per heavy atom. The van der Waals surface area contributed by atoms with Crippen molar-refractivity contribution in [1.29, 1.82) is 0 Å². The summed E-state index contributed by atoms with van der Waals surface area (Å²) in [6.07, 6.45) is 0.666. The van der Waals surface area contributed by atoms with E-state index in [2.05, 4.69) is 5.32 Å². The zero-order valence-electron chi connectivity index (χ0n) is 12.5. The third-order valence-electron chi connectivity index (χ3n) is 2.72. The Morgan fingerprint density at radius 3 is 2.71 bits per heavy atom. The molecule has 0 saturated carbocycles. The molecule has 0 aromatic heterocycles. The maximum absolute atomic E-state index is 11.1. The summed E-state index contributed by atoms with van der Waals surface area (Å²) in [5.41, 5.74) is 0.836. The van der Waals surface area contributed by atoms with E-state index in [0.29, 0.717) is 39.4 Å². The first kappa shape index (κ1) is 17.4. The van der Waals surface area contributed by atoms with E-state index in [9.17, 15) is 10.1 Å². The molecule has 118 valence electrons. The summed E-state index contributed by atoms with van der Waals surface area (Å²) in [5, 5.41) is 14.0. The monoisotopic (exact) mass is 298 g/mol. The van der Waals surface area contributed by atoms with Crippen LogP contribution in [0.25, 0.3) is 0 Å². The predicted octanol–water partition coefficient (Wildman–Crippen LogP) is 1.75. The van der Waals surface area contributed by atoms with Crippen molar-refractivity contribution in [1.82, 2.24) is 5.32 Å². The molecule has 0 amide bonds. The second kappa shape index (κ2) is 10.1. The number of rotatable bonds is 11. The normalized spacial score (nSPS) is 10.6. The molecule has 0 aliphatic rings. The van der Waals surface area contributed by atoms with Gasteiger partial charge in [0.25, 0.3) is 0 Å². The van der Waals surface area contributed by atoms with Crippen molar-refractivity contribution in [3.8, 4) is 5.75 Å². The summed E-state index contributed by atoms with van der Waals surface area (Å²) in [6.45, 7) is 2.58. The van der Waals surface area contributed by atoms with Crippen molar-refractivity contribution in [3.05, 3.63) is 33.9 Å². The first-order chi connectivity index (χ1) is 10.2. The fourth-order valence-corrected chi connectivity index (χ4v) is 1.73. The van der Waals surface area contributed by atoms with Crippen molar-refractivity contribution in [2.24, 2.45) is 0 Å². The molecule has 0 bridgehead atoms. The lowest BCUT2D eigenvalue weighted by molar-refractivity contribution is -0.385. The topological polar surface area (TPSA) is 82.9 Å². The number of benzene rings is 1. The minimum Gasteiger partial charge on any atom is -0.487 e. The van der Waals surface area contributed by atoms with Gasteiger partial charge in [-0.3, -0.25) is 10.1 Å². The first-order valence-electron chi connectivity index (χ1n) is 6.80. The van der Waals surface area contributed by atoms with Crippen molar-refractivity contribution in [3.63, 3.8) is 0 Å². The van der Waals surface area contributed by atoms with Crippen LogP contribution < -0.4 is 10.1 Å². The fourth-order valence-electron chi connectivity index (χ4n) is 1.73. The highest BCUT2D eigenvalue weighted by atomic mass is 16.6. The van der Waals surface area contributed by atoms with Crippen LogP contribution in [0.1, 0.15) is 12.0 Å². The van der Waals surface area contributed by atoms with Gasteiger partial charge in [-0.25, -0.2) is 0 Å². The number of ether oxygens (including phenoxy) is 3. The summed E-state index contributed by atoms with van der Waals surface area (Å²) in [6, 6.07) is 4.98. The Hall–Kier alpha value is -1.70. The van der Waals surface area contributed by atoms with Crippen LogP contribution in [0.15, 0.2) is 18.2 Å². The van der Waals surface area contributed by atoms with Crippen LogP contribution in [0.3, 0.4) is 0 Å². The number of nitrogens with zero attached hydrogens (tertiary/aromatic N) is 1. The van der Waals surface area contributed by atoms with E-state index in [0.717, 1.165) is 5.56 Å². The molecule has 7 heteroatoms. The third-order valence-corrected chi connectivity index (χ3v) is 2.72. The van der Waals surface area contributed by atoms with Crippen LogP contribution in [-0.4, -0.2) is 45.5 Å². The van der Waals surface area contributed by atoms with Crippen LogP contribution >= 0.6 is 0 Å². The Labute approximate surface area is 124 Å². The predicted molar refractivity (Wildman–Crippen MR) is 78.7 cm³/mol. The van der Waals surface area contributed by atoms with E-state index in [-0.39, 0.29) is 11.4 Å². The van der Waals surface area contributed by atoms with Gasteiger partial charge in [-0.2, -0.15) is 0 Å². The fraction of sp³-hybridized carbons (Fsp3) is 0.571. The second-order valence-electron chi connectivity index (χ2n) is 4.40. The third kappa shape index (κ3) is 6.52. The van der Waals surface area contributed by atoms with Crippen molar-refractivity contribution < 1.29 is 19.1 Å². The van der Waals surface area contributed by atoms with Gasteiger partial charge in [0, 0.05) is 32.7 Å². The molecule has 0 heterocycles. The number of nitro benzene ring substituents is 1. The van der Waals surface area contributed by atoms with Gasteiger partial charge in [0.1, 0.15) is 0 Å². The molecule has 0 aliphatic heterocycles. The minimum atomic E-state index is -0.427. The van der Waals surface area contributed by atoms with Gasteiger partial charge in [-0.15, -0.1) is 0 Å². The molecule has 1 aromatic rings. The zero-order valence-corrected chi connectivity index (χ0v) is 12.5. The van der Waals surface area contributed by atoms with Crippen LogP contribution in [0, 0.1) is 10.1 Å². The number of methoxy groups -OCH3 is 1. The van der Waals surface area contributed by atoms with Gasteiger partial charge in [0.15, 0.2) is 5.75 Å². The highest BCUT2D eigenvalue weighted by Gasteiger charge is 2.15. The maximum Gasteiger partial charge on any atom is 0.311 e. The highest BCUT2D eigenvalue weighted by Crippen LogP contribution is 2.28. The number of nitro groups is 1. The van der Waals surface area contributed by atoms with E-state index >= 15 is 0 Å². The van der Waals surface area contributed by atoms with Crippen LogP contribution in [0.4, 0.5) is 5.69 Å². The second-order valence-corrected chi connectivity index (χ2v) is 4.40. The van der Waals surface area contributed by atoms with E-state index < -0.39 is 4.92 Å². The first-order valence-corrected chi connectivity index (χ1v) is 6.80. The average Bonchev–Trinajstić information content (AvgIpc) is 2.47. The molecule has 0 spiro atoms. The quantitative estimate of drug-likeness (QED) is 0.381. The largest absolute Gasteiger partial charge is 0.487 e. The van der Waals surface area contributed by atoms with E-state index in [4.69, 9.17) is 14.2 Å². The number of hydrogen-bond acceptors (Lipinski definition) is 6. The summed E-state index contributed by atoms with van der Waals surface area (Å²) in [4.78, 5) is 10.6. The number of hydrogen-bond donors (Lipinski definition) is 1. The Morgan fingerprint density at radius 2 is 2.05 bits per heavy atom. The van der Waals surface area contributed by atoms with Crippen molar-refractivity contribution in [2.75, 3.05) is 40.6 Å². The molecule has 0 atom stereocenters. The Kier molecular flexibility index (Phi) is 8.34. The van der Waals surface area contributed by atoms with Gasteiger partial charge < -0.3 is 19.5 Å². The molecule has 0 aliphatic carbocycles. The van der Waals surface area contributed by atoms with Gasteiger partial charge in [0.2, 0.25) is 0 Å². The molecule has 0 unspecified atom stereocenters. The van der Waals surface area contributed by atoms with Gasteiger partial charge in [-0.1, -0.05) is 6.07 Å². The summed E-state index contributed by atoms with van der Waals surface area (Å²) in [7, 11) is 3.41. The Bertz CT molecular complexity index is 439. The van der Waals surface area contributed by atoms with E-state index in [1.54, 1.807) is 20.2 Å². The lowest BCUT2D eigenvalue weighted by Crippen LogP contribution is -2.08. The van der Waals surface area contributed by atoms with Crippen molar-refractivity contribution in [2.45, 2.75) is 13.0 Å². The Balaban J connectivity index is 2.45. The lowest BCUT2D eigenvalue weighted by atomic mass is 10.2. The van der Waals surface area contributed by atoms with Gasteiger partial charge in [0.05, 0.1) is 24.7 Å². The molecule has 1 N–H and O–H groups in total. The molecule has 1 aromatic carbocycles. The molecule has 0 radical (unpaired) electrons. The van der Waals surface area contributed by atoms with E-state index in [1.807, 2.05) is 6.07 Å². The summed E-state index contributed by atoms with van der Waals surface area (Å²) < 4.78 is 15.6. The number of nitrogens with one attached hydrogen (secondary N) is 1. The highest BCUT2D eigenvalue weighted by molar-refractivity contribution is 5.48. The molecule has 7 nitrogen and oxygen atoms in total. The molecule has 1 rings (SSSR count). The molecule has 21 heavy (non-hydrogen) atoms. The zero-order chi connectivity index (χ0) is 15.5. The molecule has 0 saturated heterocycles. The smallest absolute Gasteiger partial charge is 0.311 e. The average molecular weight is 298 g/mol. The maximum atomic E-state index is 11.1. The molecular weight excluding hydrogens is 276 g/mol. The molecular formula is C14H22N2O5. The SMILES string of the molecule is CNCc1ccc(OCCCOCCOC)c([N+](=O)[O-])c1. The standard InChI is InChI=1S/C14H22N2O5/c1-15-11-12-4-5-14(13(10-12)16(17)18)21-7-3-6-20-9-8-19-2/h4-5,10,15H,3,6-9,11H2,1-2H3. The molecule has 0 fully saturated rings. The van der Waals surface area contributed by atoms with Crippen molar-refractivity contribution >= 4 is 5.69 Å². The lowest BCUT2D eigenvalue weighted by Gasteiger charge is -2.08. The van der Waals surface area contributed by atoms with Gasteiger partial charge in [-0.05, 0) is 18.7 Å². The summed E-state index contributed by atoms with van der Waals surface area (Å²) in [5.74, 6) is 0.289. The van der Waals surface area contributed by atoms with Crippen LogP contribution in [-0.2, 0) is 16.0 Å². The summed E-state index contributed by atoms with van der Waals surface area (Å²) >= 11 is 0. The minimum absolute atomic E-state index is 0.0111. The van der Waals surface area contributed by atoms with Crippen LogP contribution in [0.2, 0.25) is 0 Å².